The van der Waals surface area contributed by atoms with Crippen LogP contribution in [0.15, 0.2) is 84.9 Å². The first-order valence-electron chi connectivity index (χ1n) is 12.0. The largest absolute Gasteiger partial charge is 0.354 e. The number of hydrogen-bond donors (Lipinski definition) is 5. The molecule has 2 aliphatic heterocycles. The maximum absolute atomic E-state index is 13.5. The van der Waals surface area contributed by atoms with E-state index in [9.17, 15) is 14.4 Å². The van der Waals surface area contributed by atoms with E-state index in [0.717, 1.165) is 16.7 Å². The van der Waals surface area contributed by atoms with E-state index < -0.39 is 17.4 Å². The standard InChI is InChI=1S/C28H28N4O4/c33-25(32-36)21-13-11-18(12-14-21)16-29-26(34)22-15-28(31-24(22)20-9-5-2-6-10-20)23(17-30-27(28)35)19-7-3-1-4-8-19/h1-14,22-24,31,36H,15-17H2,(H,29,34)(H,30,35)(H,32,33)/t22-,23-,24-,28+/m0/s1. The maximum atomic E-state index is 13.5. The molecule has 4 atom stereocenters. The van der Waals surface area contributed by atoms with Crippen molar-refractivity contribution in [2.24, 2.45) is 5.92 Å². The zero-order valence-electron chi connectivity index (χ0n) is 19.6. The Balaban J connectivity index is 1.39. The van der Waals surface area contributed by atoms with Crippen LogP contribution in [0.4, 0.5) is 0 Å². The molecule has 1 spiro atoms. The van der Waals surface area contributed by atoms with Gasteiger partial charge in [-0.3, -0.25) is 24.9 Å². The van der Waals surface area contributed by atoms with Gasteiger partial charge in [-0.2, -0.15) is 0 Å². The molecule has 0 radical (unpaired) electrons. The third kappa shape index (κ3) is 4.36. The summed E-state index contributed by atoms with van der Waals surface area (Å²) in [5, 5.41) is 18.4. The van der Waals surface area contributed by atoms with E-state index in [1.165, 1.54) is 0 Å². The zero-order chi connectivity index (χ0) is 25.1. The van der Waals surface area contributed by atoms with Gasteiger partial charge in [0.15, 0.2) is 0 Å². The molecular weight excluding hydrogens is 456 g/mol. The van der Waals surface area contributed by atoms with E-state index in [4.69, 9.17) is 5.21 Å². The van der Waals surface area contributed by atoms with Gasteiger partial charge in [0.2, 0.25) is 11.8 Å². The van der Waals surface area contributed by atoms with E-state index in [2.05, 4.69) is 16.0 Å². The Kier molecular flexibility index (Phi) is 6.54. The topological polar surface area (TPSA) is 120 Å². The molecule has 0 bridgehead atoms. The normalized spacial score (nSPS) is 24.9. The molecular formula is C28H28N4O4. The predicted octanol–water partition coefficient (Wildman–Crippen LogP) is 2.42. The van der Waals surface area contributed by atoms with Gasteiger partial charge >= 0.3 is 0 Å². The molecule has 8 nitrogen and oxygen atoms in total. The summed E-state index contributed by atoms with van der Waals surface area (Å²) in [7, 11) is 0. The molecule has 0 unspecified atom stereocenters. The smallest absolute Gasteiger partial charge is 0.274 e. The highest BCUT2D eigenvalue weighted by atomic mass is 16.5. The average molecular weight is 485 g/mol. The van der Waals surface area contributed by atoms with Crippen LogP contribution in [0.5, 0.6) is 0 Å². The summed E-state index contributed by atoms with van der Waals surface area (Å²) in [6, 6.07) is 26.0. The van der Waals surface area contributed by atoms with Gasteiger partial charge < -0.3 is 10.6 Å². The van der Waals surface area contributed by atoms with Gasteiger partial charge in [0.05, 0.1) is 5.92 Å². The lowest BCUT2D eigenvalue weighted by atomic mass is 9.78. The fourth-order valence-corrected chi connectivity index (χ4v) is 5.45. The lowest BCUT2D eigenvalue weighted by molar-refractivity contribution is -0.126. The molecule has 3 aromatic carbocycles. The minimum Gasteiger partial charge on any atom is -0.354 e. The van der Waals surface area contributed by atoms with Crippen LogP contribution >= 0.6 is 0 Å². The average Bonchev–Trinajstić information content (AvgIpc) is 3.49. The lowest BCUT2D eigenvalue weighted by Gasteiger charge is -2.29. The molecule has 0 aromatic heterocycles. The number of rotatable bonds is 6. The van der Waals surface area contributed by atoms with Crippen molar-refractivity contribution in [1.29, 1.82) is 0 Å². The molecule has 2 heterocycles. The Morgan fingerprint density at radius 1 is 0.917 bits per heavy atom. The summed E-state index contributed by atoms with van der Waals surface area (Å²) in [6.45, 7) is 0.790. The van der Waals surface area contributed by atoms with Gasteiger partial charge in [-0.1, -0.05) is 72.8 Å². The number of benzene rings is 3. The molecule has 0 saturated carbocycles. The highest BCUT2D eigenvalue weighted by Gasteiger charge is 2.59. The summed E-state index contributed by atoms with van der Waals surface area (Å²) < 4.78 is 0. The van der Waals surface area contributed by atoms with Crippen LogP contribution in [-0.4, -0.2) is 35.0 Å². The highest BCUT2D eigenvalue weighted by Crippen LogP contribution is 2.47. The minimum absolute atomic E-state index is 0.0784. The highest BCUT2D eigenvalue weighted by molar-refractivity contribution is 5.94. The van der Waals surface area contributed by atoms with Crippen molar-refractivity contribution in [1.82, 2.24) is 21.4 Å². The van der Waals surface area contributed by atoms with E-state index in [1.54, 1.807) is 29.7 Å². The third-order valence-corrected chi connectivity index (χ3v) is 7.31. The first kappa shape index (κ1) is 23.7. The Morgan fingerprint density at radius 2 is 1.56 bits per heavy atom. The van der Waals surface area contributed by atoms with Crippen LogP contribution in [0.2, 0.25) is 0 Å². The molecule has 3 amide bonds. The van der Waals surface area contributed by atoms with Gasteiger partial charge in [-0.25, -0.2) is 5.48 Å². The van der Waals surface area contributed by atoms with Crippen LogP contribution in [0, 0.1) is 5.92 Å². The van der Waals surface area contributed by atoms with Gasteiger partial charge in [0.1, 0.15) is 5.54 Å². The number of carbonyl (C=O) groups is 3. The molecule has 5 rings (SSSR count). The van der Waals surface area contributed by atoms with E-state index in [0.29, 0.717) is 18.5 Å². The van der Waals surface area contributed by atoms with Crippen LogP contribution in [0.3, 0.4) is 0 Å². The third-order valence-electron chi connectivity index (χ3n) is 7.31. The second-order valence-electron chi connectivity index (χ2n) is 9.34. The molecule has 2 fully saturated rings. The van der Waals surface area contributed by atoms with E-state index >= 15 is 0 Å². The SMILES string of the molecule is O=C(NO)c1ccc(CNC(=O)[C@H]2C[C@]3(N[C@H]2c2ccccc2)C(=O)NC[C@H]3c2ccccc2)cc1. The van der Waals surface area contributed by atoms with Crippen LogP contribution in [0.25, 0.3) is 0 Å². The van der Waals surface area contributed by atoms with Gasteiger partial charge in [0, 0.05) is 30.6 Å². The molecule has 2 aliphatic rings. The monoisotopic (exact) mass is 484 g/mol. The number of hydroxylamine groups is 1. The summed E-state index contributed by atoms with van der Waals surface area (Å²) in [5.41, 5.74) is 3.87. The van der Waals surface area contributed by atoms with Gasteiger partial charge in [0.25, 0.3) is 5.91 Å². The number of amides is 3. The predicted molar refractivity (Wildman–Crippen MR) is 133 cm³/mol. The summed E-state index contributed by atoms with van der Waals surface area (Å²) >= 11 is 0. The molecule has 8 heteroatoms. The van der Waals surface area contributed by atoms with Crippen molar-refractivity contribution in [3.63, 3.8) is 0 Å². The second-order valence-corrected chi connectivity index (χ2v) is 9.34. The van der Waals surface area contributed by atoms with Crippen molar-refractivity contribution in [3.05, 3.63) is 107 Å². The molecule has 0 aliphatic carbocycles. The quantitative estimate of drug-likeness (QED) is 0.272. The van der Waals surface area contributed by atoms with E-state index in [-0.39, 0.29) is 30.3 Å². The molecule has 2 saturated heterocycles. The summed E-state index contributed by atoms with van der Waals surface area (Å²) in [4.78, 5) is 38.3. The maximum Gasteiger partial charge on any atom is 0.274 e. The number of nitrogens with one attached hydrogen (secondary N) is 4. The molecule has 3 aromatic rings. The Morgan fingerprint density at radius 3 is 2.19 bits per heavy atom. The van der Waals surface area contributed by atoms with Crippen LogP contribution in [0.1, 0.15) is 45.4 Å². The first-order valence-corrected chi connectivity index (χ1v) is 12.0. The Labute approximate surface area is 209 Å². The zero-order valence-corrected chi connectivity index (χ0v) is 19.6. The van der Waals surface area contributed by atoms with Crippen molar-refractivity contribution in [2.45, 2.75) is 30.5 Å². The first-order chi connectivity index (χ1) is 17.5. The molecule has 5 N–H and O–H groups in total. The van der Waals surface area contributed by atoms with Gasteiger partial charge in [-0.15, -0.1) is 0 Å². The fourth-order valence-electron chi connectivity index (χ4n) is 5.45. The second kappa shape index (κ2) is 9.93. The fraction of sp³-hybridized carbons (Fsp3) is 0.250. The summed E-state index contributed by atoms with van der Waals surface area (Å²) in [5.74, 6) is -1.37. The molecule has 36 heavy (non-hydrogen) atoms. The van der Waals surface area contributed by atoms with Crippen LogP contribution < -0.4 is 21.4 Å². The minimum atomic E-state index is -0.886. The number of carbonyl (C=O) groups excluding carboxylic acids is 3. The Bertz CT molecular complexity index is 1250. The number of hydrogen-bond acceptors (Lipinski definition) is 5. The molecule has 184 valence electrons. The van der Waals surface area contributed by atoms with Crippen molar-refractivity contribution in [3.8, 4) is 0 Å². The Hall–Kier alpha value is -4.01. The van der Waals surface area contributed by atoms with Crippen LogP contribution in [-0.2, 0) is 16.1 Å². The lowest BCUT2D eigenvalue weighted by Crippen LogP contribution is -2.50. The van der Waals surface area contributed by atoms with Crippen molar-refractivity contribution >= 4 is 17.7 Å². The summed E-state index contributed by atoms with van der Waals surface area (Å²) in [6.07, 6.45) is 0.374. The van der Waals surface area contributed by atoms with Crippen molar-refractivity contribution in [2.75, 3.05) is 6.54 Å². The van der Waals surface area contributed by atoms with Crippen molar-refractivity contribution < 1.29 is 19.6 Å². The van der Waals surface area contributed by atoms with E-state index in [1.807, 2.05) is 60.7 Å². The van der Waals surface area contributed by atoms with Gasteiger partial charge in [-0.05, 0) is 35.2 Å².